The summed E-state index contributed by atoms with van der Waals surface area (Å²) in [5.74, 6) is 2.58. The monoisotopic (exact) mass is 295 g/mol. The van der Waals surface area contributed by atoms with Crippen LogP contribution in [0.4, 0.5) is 0 Å². The highest BCUT2D eigenvalue weighted by molar-refractivity contribution is 7.90. The van der Waals surface area contributed by atoms with E-state index in [9.17, 15) is 13.5 Å². The summed E-state index contributed by atoms with van der Waals surface area (Å²) in [6, 6.07) is 6.31. The molecule has 0 radical (unpaired) electrons. The molecular weight excluding hydrogens is 274 g/mol. The molecule has 0 aliphatic heterocycles. The van der Waals surface area contributed by atoms with Gasteiger partial charge in [0, 0.05) is 19.2 Å². The Morgan fingerprint density at radius 1 is 1.30 bits per heavy atom. The van der Waals surface area contributed by atoms with Crippen LogP contribution in [0.2, 0.25) is 0 Å². The van der Waals surface area contributed by atoms with Crippen LogP contribution in [-0.4, -0.2) is 32.9 Å². The number of benzene rings is 1. The van der Waals surface area contributed by atoms with E-state index in [1.165, 1.54) is 12.1 Å². The number of terminal acetylenes is 1. The highest BCUT2D eigenvalue weighted by Crippen LogP contribution is 2.15. The highest BCUT2D eigenvalue weighted by atomic mass is 32.2. The van der Waals surface area contributed by atoms with Gasteiger partial charge in [-0.15, -0.1) is 12.3 Å². The molecule has 1 atom stereocenters. The van der Waals surface area contributed by atoms with Crippen LogP contribution in [0.1, 0.15) is 30.9 Å². The van der Waals surface area contributed by atoms with Crippen LogP contribution in [0.3, 0.4) is 0 Å². The van der Waals surface area contributed by atoms with Crippen molar-refractivity contribution in [1.29, 1.82) is 0 Å². The van der Waals surface area contributed by atoms with Crippen LogP contribution < -0.4 is 5.32 Å². The van der Waals surface area contributed by atoms with E-state index in [4.69, 9.17) is 6.42 Å². The van der Waals surface area contributed by atoms with Crippen molar-refractivity contribution in [3.8, 4) is 12.3 Å². The zero-order valence-electron chi connectivity index (χ0n) is 11.7. The third-order valence-electron chi connectivity index (χ3n) is 2.96. The van der Waals surface area contributed by atoms with Crippen molar-refractivity contribution >= 4 is 9.84 Å². The van der Waals surface area contributed by atoms with Gasteiger partial charge in [-0.25, -0.2) is 8.42 Å². The van der Waals surface area contributed by atoms with Gasteiger partial charge in [0.25, 0.3) is 0 Å². The lowest BCUT2D eigenvalue weighted by atomic mass is 10.1. The molecule has 1 unspecified atom stereocenters. The number of nitrogens with one attached hydrogen (secondary N) is 1. The maximum Gasteiger partial charge on any atom is 0.175 e. The standard InChI is InChI=1S/C15H21NO3S/c1-3-4-5-6-11-16-12-15(17)13-7-9-14(10-8-13)20(2,18)19/h1,7-10,15-17H,4-6,11-12H2,2H3. The number of aliphatic hydroxyl groups excluding tert-OH is 1. The molecule has 0 aliphatic carbocycles. The summed E-state index contributed by atoms with van der Waals surface area (Å²) in [6.07, 6.45) is 8.40. The second-order valence-electron chi connectivity index (χ2n) is 4.72. The Labute approximate surface area is 121 Å². The van der Waals surface area contributed by atoms with E-state index in [2.05, 4.69) is 11.2 Å². The van der Waals surface area contributed by atoms with Crippen LogP contribution in [0.15, 0.2) is 29.2 Å². The fourth-order valence-corrected chi connectivity index (χ4v) is 2.40. The Morgan fingerprint density at radius 2 is 1.95 bits per heavy atom. The normalized spacial score (nSPS) is 12.8. The highest BCUT2D eigenvalue weighted by Gasteiger charge is 2.10. The van der Waals surface area contributed by atoms with Crippen molar-refractivity contribution in [3.63, 3.8) is 0 Å². The van der Waals surface area contributed by atoms with E-state index in [0.29, 0.717) is 12.1 Å². The molecule has 0 saturated heterocycles. The van der Waals surface area contributed by atoms with Crippen LogP contribution >= 0.6 is 0 Å². The molecule has 5 heteroatoms. The molecule has 20 heavy (non-hydrogen) atoms. The van der Waals surface area contributed by atoms with Crippen LogP contribution in [0, 0.1) is 12.3 Å². The number of unbranched alkanes of at least 4 members (excludes halogenated alkanes) is 2. The number of hydrogen-bond acceptors (Lipinski definition) is 4. The quantitative estimate of drug-likeness (QED) is 0.564. The van der Waals surface area contributed by atoms with Gasteiger partial charge in [-0.1, -0.05) is 12.1 Å². The Morgan fingerprint density at radius 3 is 2.50 bits per heavy atom. The molecule has 1 aromatic carbocycles. The minimum Gasteiger partial charge on any atom is -0.387 e. The van der Waals surface area contributed by atoms with Gasteiger partial charge in [-0.05, 0) is 37.1 Å². The minimum absolute atomic E-state index is 0.260. The zero-order valence-corrected chi connectivity index (χ0v) is 12.5. The molecule has 4 nitrogen and oxygen atoms in total. The molecular formula is C15H21NO3S. The molecule has 0 spiro atoms. The summed E-state index contributed by atoms with van der Waals surface area (Å²) in [6.45, 7) is 1.24. The largest absolute Gasteiger partial charge is 0.387 e. The first kappa shape index (κ1) is 16.7. The van der Waals surface area contributed by atoms with E-state index >= 15 is 0 Å². The van der Waals surface area contributed by atoms with Gasteiger partial charge in [0.2, 0.25) is 0 Å². The van der Waals surface area contributed by atoms with E-state index in [-0.39, 0.29) is 4.90 Å². The second-order valence-corrected chi connectivity index (χ2v) is 6.74. The smallest absolute Gasteiger partial charge is 0.175 e. The van der Waals surface area contributed by atoms with Crippen LogP contribution in [-0.2, 0) is 9.84 Å². The molecule has 0 amide bonds. The molecule has 1 rings (SSSR count). The summed E-state index contributed by atoms with van der Waals surface area (Å²) in [7, 11) is -3.19. The van der Waals surface area contributed by atoms with Gasteiger partial charge in [-0.3, -0.25) is 0 Å². The first-order chi connectivity index (χ1) is 9.45. The average molecular weight is 295 g/mol. The van der Waals surface area contributed by atoms with Gasteiger partial charge < -0.3 is 10.4 Å². The van der Waals surface area contributed by atoms with Crippen molar-refractivity contribution in [3.05, 3.63) is 29.8 Å². The number of hydrogen-bond donors (Lipinski definition) is 2. The third-order valence-corrected chi connectivity index (χ3v) is 4.08. The first-order valence-corrected chi connectivity index (χ1v) is 8.46. The van der Waals surface area contributed by atoms with Crippen molar-refractivity contribution in [2.75, 3.05) is 19.3 Å². The van der Waals surface area contributed by atoms with E-state index in [1.807, 2.05) is 0 Å². The van der Waals surface area contributed by atoms with Crippen molar-refractivity contribution < 1.29 is 13.5 Å². The van der Waals surface area contributed by atoms with E-state index < -0.39 is 15.9 Å². The first-order valence-electron chi connectivity index (χ1n) is 6.57. The van der Waals surface area contributed by atoms with Gasteiger partial charge >= 0.3 is 0 Å². The predicted octanol–water partition coefficient (Wildman–Crippen LogP) is 1.52. The molecule has 0 aliphatic rings. The van der Waals surface area contributed by atoms with Crippen LogP contribution in [0.5, 0.6) is 0 Å². The Bertz CT molecular complexity index is 543. The number of aliphatic hydroxyl groups is 1. The summed E-state index contributed by atoms with van der Waals surface area (Å²) >= 11 is 0. The zero-order chi connectivity index (χ0) is 15.0. The molecule has 0 bridgehead atoms. The van der Waals surface area contributed by atoms with Gasteiger partial charge in [-0.2, -0.15) is 0 Å². The minimum atomic E-state index is -3.19. The topological polar surface area (TPSA) is 66.4 Å². The lowest BCUT2D eigenvalue weighted by Gasteiger charge is -2.12. The van der Waals surface area contributed by atoms with Crippen LogP contribution in [0.25, 0.3) is 0 Å². The second kappa shape index (κ2) is 8.05. The summed E-state index contributed by atoms with van der Waals surface area (Å²) in [5.41, 5.74) is 0.702. The molecule has 1 aromatic rings. The van der Waals surface area contributed by atoms with Gasteiger partial charge in [0.1, 0.15) is 0 Å². The fraction of sp³-hybridized carbons (Fsp3) is 0.467. The summed E-state index contributed by atoms with van der Waals surface area (Å²) < 4.78 is 22.6. The van der Waals surface area contributed by atoms with Gasteiger partial charge in [0.05, 0.1) is 11.0 Å². The molecule has 0 aromatic heterocycles. The maximum absolute atomic E-state index is 11.3. The molecule has 0 heterocycles. The Kier molecular flexibility index (Phi) is 6.73. The maximum atomic E-state index is 11.3. The molecule has 2 N–H and O–H groups in total. The average Bonchev–Trinajstić information content (AvgIpc) is 2.41. The molecule has 110 valence electrons. The van der Waals surface area contributed by atoms with Crippen molar-refractivity contribution in [2.24, 2.45) is 0 Å². The van der Waals surface area contributed by atoms with E-state index in [0.717, 1.165) is 32.1 Å². The van der Waals surface area contributed by atoms with Crippen molar-refractivity contribution in [2.45, 2.75) is 30.3 Å². The lowest BCUT2D eigenvalue weighted by Crippen LogP contribution is -2.22. The summed E-state index contributed by atoms with van der Waals surface area (Å²) in [4.78, 5) is 0.260. The third kappa shape index (κ3) is 5.74. The number of rotatable bonds is 8. The van der Waals surface area contributed by atoms with E-state index in [1.54, 1.807) is 12.1 Å². The SMILES string of the molecule is C#CCCCCNCC(O)c1ccc(S(C)(=O)=O)cc1. The Hall–Kier alpha value is -1.35. The molecule has 0 fully saturated rings. The Balaban J connectivity index is 2.40. The predicted molar refractivity (Wildman–Crippen MR) is 80.1 cm³/mol. The van der Waals surface area contributed by atoms with Gasteiger partial charge in [0.15, 0.2) is 9.84 Å². The van der Waals surface area contributed by atoms with Crippen molar-refractivity contribution in [1.82, 2.24) is 5.32 Å². The summed E-state index contributed by atoms with van der Waals surface area (Å²) in [5, 5.41) is 13.1. The fourth-order valence-electron chi connectivity index (χ4n) is 1.77. The number of sulfone groups is 1. The lowest BCUT2D eigenvalue weighted by molar-refractivity contribution is 0.174. The molecule has 0 saturated carbocycles.